The predicted octanol–water partition coefficient (Wildman–Crippen LogP) is 5.52. The number of benzene rings is 2. The van der Waals surface area contributed by atoms with Crippen molar-refractivity contribution >= 4 is 23.7 Å². The van der Waals surface area contributed by atoms with E-state index in [1.54, 1.807) is 13.2 Å². The number of nitrogens with one attached hydrogen (secondary N) is 2. The lowest BCUT2D eigenvalue weighted by Crippen LogP contribution is -2.33. The van der Waals surface area contributed by atoms with Gasteiger partial charge in [0.05, 0.1) is 31.6 Å². The van der Waals surface area contributed by atoms with Crippen LogP contribution in [0.2, 0.25) is 0 Å². The summed E-state index contributed by atoms with van der Waals surface area (Å²) >= 11 is 0. The molecule has 0 radical (unpaired) electrons. The number of aromatic nitrogens is 2. The summed E-state index contributed by atoms with van der Waals surface area (Å²) in [4.78, 5) is 37.4. The van der Waals surface area contributed by atoms with Crippen molar-refractivity contribution in [2.24, 2.45) is 0 Å². The Morgan fingerprint density at radius 3 is 2.46 bits per heavy atom. The van der Waals surface area contributed by atoms with Crippen molar-refractivity contribution in [2.75, 3.05) is 25.6 Å². The Kier molecular flexibility index (Phi) is 10.9. The van der Waals surface area contributed by atoms with Crippen LogP contribution in [-0.4, -0.2) is 60.2 Å². The van der Waals surface area contributed by atoms with E-state index in [9.17, 15) is 14.4 Å². The lowest BCUT2D eigenvalue weighted by atomic mass is 10.0. The average molecular weight is 635 g/mol. The molecule has 2 atom stereocenters. The topological polar surface area (TPSA) is 139 Å². The van der Waals surface area contributed by atoms with Gasteiger partial charge in [0.25, 0.3) is 0 Å². The summed E-state index contributed by atoms with van der Waals surface area (Å²) in [7, 11) is 1.63. The minimum atomic E-state index is -0.543. The summed E-state index contributed by atoms with van der Waals surface area (Å²) in [6.45, 7) is 6.52. The fraction of sp³-hybridized carbons (Fsp3) is 0.471. The summed E-state index contributed by atoms with van der Waals surface area (Å²) in [5, 5.41) is 9.94. The molecule has 3 aromatic rings. The normalized spacial score (nSPS) is 18.0. The second-order valence-corrected chi connectivity index (χ2v) is 11.9. The Morgan fingerprint density at radius 1 is 1.02 bits per heavy atom. The number of carbonyl (C=O) groups excluding carboxylic acids is 3. The van der Waals surface area contributed by atoms with Gasteiger partial charge in [0.1, 0.15) is 24.2 Å². The zero-order valence-electron chi connectivity index (χ0n) is 26.7. The van der Waals surface area contributed by atoms with E-state index in [1.165, 1.54) is 11.6 Å². The Hall–Kier alpha value is -4.42. The number of amides is 2. The molecule has 1 saturated heterocycles. The van der Waals surface area contributed by atoms with Gasteiger partial charge in [-0.15, -0.1) is 5.10 Å². The minimum Gasteiger partial charge on any atom is -0.497 e. The monoisotopic (exact) mass is 634 g/mol. The molecule has 46 heavy (non-hydrogen) atoms. The molecule has 246 valence electrons. The van der Waals surface area contributed by atoms with Crippen molar-refractivity contribution < 1.29 is 38.1 Å². The van der Waals surface area contributed by atoms with Gasteiger partial charge in [0.2, 0.25) is 11.8 Å². The Balaban J connectivity index is 1.19. The van der Waals surface area contributed by atoms with E-state index in [0.717, 1.165) is 28.9 Å². The van der Waals surface area contributed by atoms with Gasteiger partial charge in [0.15, 0.2) is 12.1 Å². The quantitative estimate of drug-likeness (QED) is 0.264. The van der Waals surface area contributed by atoms with Gasteiger partial charge in [-0.1, -0.05) is 18.2 Å². The zero-order valence-corrected chi connectivity index (χ0v) is 26.7. The molecule has 12 heteroatoms. The van der Waals surface area contributed by atoms with Crippen LogP contribution >= 0.6 is 0 Å². The molecule has 2 N–H and O–H groups in total. The maximum atomic E-state index is 13.0. The maximum absolute atomic E-state index is 13.0. The first-order valence-electron chi connectivity index (χ1n) is 15.7. The van der Waals surface area contributed by atoms with Gasteiger partial charge in [-0.2, -0.15) is 0 Å². The van der Waals surface area contributed by atoms with Crippen LogP contribution in [0.4, 0.5) is 10.6 Å². The number of hydrogen-bond acceptors (Lipinski definition) is 9. The number of alkyl carbamates (subject to hydrolysis) is 1. The third kappa shape index (κ3) is 8.64. The SMILES string of the molecule is COc1ccc(COc2ccc(CCC(=O)Nc3cc([C@H]4CC[C@@H](OC(=O)NC(C)C)C4)n(C(C)=O)n3)cc2C2OCCO2)cc1. The Labute approximate surface area is 268 Å². The fourth-order valence-electron chi connectivity index (χ4n) is 5.69. The van der Waals surface area contributed by atoms with Crippen LogP contribution in [0.15, 0.2) is 48.5 Å². The van der Waals surface area contributed by atoms with E-state index in [-0.39, 0.29) is 36.3 Å². The van der Waals surface area contributed by atoms with Crippen molar-refractivity contribution in [1.29, 1.82) is 0 Å². The van der Waals surface area contributed by atoms with Gasteiger partial charge in [-0.3, -0.25) is 9.59 Å². The second-order valence-electron chi connectivity index (χ2n) is 11.9. The first-order valence-corrected chi connectivity index (χ1v) is 15.7. The molecular formula is C34H42N4O8. The Morgan fingerprint density at radius 2 is 1.76 bits per heavy atom. The molecule has 2 aromatic carbocycles. The third-order valence-electron chi connectivity index (χ3n) is 7.93. The number of rotatable bonds is 12. The van der Waals surface area contributed by atoms with Crippen LogP contribution in [0, 0.1) is 0 Å². The molecule has 2 heterocycles. The van der Waals surface area contributed by atoms with E-state index in [1.807, 2.05) is 56.3 Å². The van der Waals surface area contributed by atoms with Gasteiger partial charge in [0, 0.05) is 31.4 Å². The van der Waals surface area contributed by atoms with Gasteiger partial charge in [-0.05, 0) is 74.9 Å². The molecule has 1 aliphatic carbocycles. The summed E-state index contributed by atoms with van der Waals surface area (Å²) in [5.41, 5.74) is 3.39. The zero-order chi connectivity index (χ0) is 32.6. The molecule has 2 aliphatic rings. The molecule has 12 nitrogen and oxygen atoms in total. The van der Waals surface area contributed by atoms with E-state index in [2.05, 4.69) is 15.7 Å². The van der Waals surface area contributed by atoms with E-state index in [0.29, 0.717) is 56.3 Å². The van der Waals surface area contributed by atoms with Crippen LogP contribution in [-0.2, 0) is 32.0 Å². The maximum Gasteiger partial charge on any atom is 0.407 e. The standard InChI is InChI=1S/C34H42N4O8/c1-21(2)35-34(41)46-27-12-9-25(18-27)29-19-31(37-38(29)22(3)39)36-32(40)14-8-23-7-13-30(28(17-23)33-43-15-16-44-33)45-20-24-5-10-26(42-4)11-6-24/h5-7,10-11,13,17,19,21,25,27,33H,8-9,12,14-16,18,20H2,1-4H3,(H,35,41)(H,36,37,40)/t25-,27+/m0/s1. The lowest BCUT2D eigenvalue weighted by Gasteiger charge is -2.17. The lowest BCUT2D eigenvalue weighted by molar-refractivity contribution is -0.116. The largest absolute Gasteiger partial charge is 0.497 e. The van der Waals surface area contributed by atoms with Crippen molar-refractivity contribution in [3.05, 3.63) is 70.9 Å². The molecule has 1 aliphatic heterocycles. The van der Waals surface area contributed by atoms with Crippen LogP contribution in [0.1, 0.15) is 85.8 Å². The molecule has 1 saturated carbocycles. The smallest absolute Gasteiger partial charge is 0.407 e. The highest BCUT2D eigenvalue weighted by Gasteiger charge is 2.32. The van der Waals surface area contributed by atoms with Crippen LogP contribution in [0.25, 0.3) is 0 Å². The van der Waals surface area contributed by atoms with Crippen LogP contribution < -0.4 is 20.1 Å². The third-order valence-corrected chi connectivity index (χ3v) is 7.93. The predicted molar refractivity (Wildman–Crippen MR) is 169 cm³/mol. The fourth-order valence-corrected chi connectivity index (χ4v) is 5.69. The molecule has 5 rings (SSSR count). The molecule has 1 aromatic heterocycles. The van der Waals surface area contributed by atoms with Gasteiger partial charge < -0.3 is 34.3 Å². The molecule has 0 bridgehead atoms. The average Bonchev–Trinajstić information content (AvgIpc) is 3.81. The number of nitrogens with zero attached hydrogens (tertiary/aromatic N) is 2. The highest BCUT2D eigenvalue weighted by molar-refractivity contribution is 5.90. The molecular weight excluding hydrogens is 592 g/mol. The highest BCUT2D eigenvalue weighted by atomic mass is 16.7. The number of anilines is 1. The van der Waals surface area contributed by atoms with E-state index in [4.69, 9.17) is 23.7 Å². The number of hydrogen-bond donors (Lipinski definition) is 2. The van der Waals surface area contributed by atoms with Crippen LogP contribution in [0.3, 0.4) is 0 Å². The molecule has 0 unspecified atom stereocenters. The molecule has 0 spiro atoms. The number of aryl methyl sites for hydroxylation is 1. The van der Waals surface area contributed by atoms with Crippen molar-refractivity contribution in [3.8, 4) is 11.5 Å². The number of ether oxygens (including phenoxy) is 5. The highest BCUT2D eigenvalue weighted by Crippen LogP contribution is 2.37. The summed E-state index contributed by atoms with van der Waals surface area (Å²) in [5.74, 6) is 1.23. The van der Waals surface area contributed by atoms with Crippen LogP contribution in [0.5, 0.6) is 11.5 Å². The molecule has 2 fully saturated rings. The first-order chi connectivity index (χ1) is 22.2. The van der Waals surface area contributed by atoms with Crippen molar-refractivity contribution in [1.82, 2.24) is 15.1 Å². The first kappa shape index (κ1) is 33.0. The van der Waals surface area contributed by atoms with Gasteiger partial charge >= 0.3 is 6.09 Å². The van der Waals surface area contributed by atoms with E-state index >= 15 is 0 Å². The van der Waals surface area contributed by atoms with E-state index < -0.39 is 12.4 Å². The number of methoxy groups -OCH3 is 1. The Bertz CT molecular complexity index is 1510. The van der Waals surface area contributed by atoms with Crippen molar-refractivity contribution in [2.45, 2.75) is 83.8 Å². The second kappa shape index (κ2) is 15.2. The summed E-state index contributed by atoms with van der Waals surface area (Å²) in [6.07, 6.45) is 1.43. The number of carbonyl (C=O) groups is 3. The van der Waals surface area contributed by atoms with Crippen molar-refractivity contribution in [3.63, 3.8) is 0 Å². The van der Waals surface area contributed by atoms with Gasteiger partial charge in [-0.25, -0.2) is 9.48 Å². The molecule has 2 amide bonds. The minimum absolute atomic E-state index is 0.0171. The summed E-state index contributed by atoms with van der Waals surface area (Å²) in [6, 6.07) is 15.2. The summed E-state index contributed by atoms with van der Waals surface area (Å²) < 4.78 is 29.8.